The number of aryl methyl sites for hydroxylation is 1. The highest BCUT2D eigenvalue weighted by atomic mass is 35.5. The first-order valence-electron chi connectivity index (χ1n) is 8.04. The highest BCUT2D eigenvalue weighted by molar-refractivity contribution is 6.32. The lowest BCUT2D eigenvalue weighted by molar-refractivity contribution is -0.384. The second-order valence-corrected chi connectivity index (χ2v) is 7.01. The van der Waals surface area contributed by atoms with Gasteiger partial charge >= 0.3 is 11.8 Å². The molecular weight excluding hydrogens is 348 g/mol. The lowest BCUT2D eigenvalue weighted by Crippen LogP contribution is -2.33. The Bertz CT molecular complexity index is 644. The van der Waals surface area contributed by atoms with Gasteiger partial charge in [-0.25, -0.2) is 9.78 Å². The number of rotatable bonds is 7. The zero-order valence-electron chi connectivity index (χ0n) is 15.2. The van der Waals surface area contributed by atoms with Crippen LogP contribution in [0.4, 0.5) is 16.2 Å². The Hall–Kier alpha value is -2.09. The molecule has 1 rings (SSSR count). The second-order valence-electron chi connectivity index (χ2n) is 6.66. The van der Waals surface area contributed by atoms with E-state index in [9.17, 15) is 14.9 Å². The molecule has 1 amide bonds. The van der Waals surface area contributed by atoms with Crippen molar-refractivity contribution in [2.45, 2.75) is 53.1 Å². The maximum absolute atomic E-state index is 11.5. The van der Waals surface area contributed by atoms with Crippen molar-refractivity contribution in [2.75, 3.05) is 18.4 Å². The molecule has 140 valence electrons. The highest BCUT2D eigenvalue weighted by Gasteiger charge is 2.23. The van der Waals surface area contributed by atoms with Crippen molar-refractivity contribution in [1.82, 2.24) is 10.3 Å². The molecule has 0 atom stereocenters. The molecule has 2 N–H and O–H groups in total. The lowest BCUT2D eigenvalue weighted by atomic mass is 10.1. The van der Waals surface area contributed by atoms with Crippen LogP contribution in [0.5, 0.6) is 0 Å². The largest absolute Gasteiger partial charge is 0.444 e. The number of carbonyl (C=O) groups excluding carboxylic acids is 1. The molecule has 0 aliphatic carbocycles. The normalized spacial score (nSPS) is 11.1. The number of ether oxygens (including phenoxy) is 1. The van der Waals surface area contributed by atoms with Crippen molar-refractivity contribution in [3.05, 3.63) is 26.5 Å². The molecule has 1 aromatic rings. The van der Waals surface area contributed by atoms with Crippen LogP contribution in [0.15, 0.2) is 0 Å². The monoisotopic (exact) mass is 372 g/mol. The Morgan fingerprint density at radius 1 is 1.28 bits per heavy atom. The summed E-state index contributed by atoms with van der Waals surface area (Å²) >= 11 is 5.90. The van der Waals surface area contributed by atoms with E-state index in [0.29, 0.717) is 42.9 Å². The van der Waals surface area contributed by atoms with Crippen molar-refractivity contribution < 1.29 is 14.5 Å². The molecule has 0 bridgehead atoms. The predicted molar refractivity (Wildman–Crippen MR) is 97.3 cm³/mol. The van der Waals surface area contributed by atoms with Gasteiger partial charge in [-0.15, -0.1) is 0 Å². The summed E-state index contributed by atoms with van der Waals surface area (Å²) < 4.78 is 5.14. The minimum Gasteiger partial charge on any atom is -0.444 e. The van der Waals surface area contributed by atoms with Crippen LogP contribution in [0.1, 0.15) is 44.9 Å². The number of aromatic nitrogens is 1. The summed E-state index contributed by atoms with van der Waals surface area (Å²) in [7, 11) is 0. The van der Waals surface area contributed by atoms with E-state index in [-0.39, 0.29) is 10.8 Å². The molecule has 0 saturated carbocycles. The minimum absolute atomic E-state index is 0.123. The summed E-state index contributed by atoms with van der Waals surface area (Å²) in [4.78, 5) is 26.2. The molecule has 0 saturated heterocycles. The number of amides is 1. The number of alkyl carbamates (subject to hydrolysis) is 1. The molecule has 9 heteroatoms. The summed E-state index contributed by atoms with van der Waals surface area (Å²) in [5.74, 6) is 0. The summed E-state index contributed by atoms with van der Waals surface area (Å²) in [5, 5.41) is 16.8. The molecule has 0 aromatic carbocycles. The van der Waals surface area contributed by atoms with Crippen LogP contribution in [0.3, 0.4) is 0 Å². The van der Waals surface area contributed by atoms with Gasteiger partial charge in [-0.2, -0.15) is 0 Å². The number of anilines is 1. The molecule has 0 aliphatic rings. The smallest absolute Gasteiger partial charge is 0.407 e. The molecule has 1 heterocycles. The number of hydrogen-bond acceptors (Lipinski definition) is 6. The van der Waals surface area contributed by atoms with Gasteiger partial charge in [-0.1, -0.05) is 11.6 Å². The van der Waals surface area contributed by atoms with Gasteiger partial charge in [0.15, 0.2) is 0 Å². The molecule has 1 aromatic heterocycles. The van der Waals surface area contributed by atoms with Gasteiger partial charge in [0.05, 0.1) is 4.92 Å². The zero-order valence-corrected chi connectivity index (χ0v) is 16.0. The second kappa shape index (κ2) is 8.84. The van der Waals surface area contributed by atoms with Crippen molar-refractivity contribution in [1.29, 1.82) is 0 Å². The molecule has 0 radical (unpaired) electrons. The molecule has 0 fully saturated rings. The molecular formula is C16H25ClN4O4. The van der Waals surface area contributed by atoms with Gasteiger partial charge in [0, 0.05) is 24.3 Å². The molecule has 8 nitrogen and oxygen atoms in total. The number of unbranched alkanes of at least 4 members (excludes halogenated alkanes) is 1. The maximum atomic E-state index is 11.5. The van der Waals surface area contributed by atoms with Gasteiger partial charge in [0.1, 0.15) is 11.3 Å². The standard InChI is InChI=1S/C16H25ClN4O4/c1-10-11(2)20-14(17)13(21(23)24)12(10)18-8-6-7-9-19-15(22)25-16(3,4)5/h6-9H2,1-5H3,(H,18,20)(H,19,22). The number of hydrogen-bond donors (Lipinski definition) is 2. The Balaban J connectivity index is 2.50. The lowest BCUT2D eigenvalue weighted by Gasteiger charge is -2.19. The van der Waals surface area contributed by atoms with Crippen molar-refractivity contribution in [3.8, 4) is 0 Å². The van der Waals surface area contributed by atoms with E-state index >= 15 is 0 Å². The first-order chi connectivity index (χ1) is 11.5. The van der Waals surface area contributed by atoms with E-state index in [0.717, 1.165) is 0 Å². The average Bonchev–Trinajstić information content (AvgIpc) is 2.44. The van der Waals surface area contributed by atoms with Crippen LogP contribution in [-0.4, -0.2) is 34.7 Å². The van der Waals surface area contributed by atoms with Gasteiger partial charge in [0.25, 0.3) is 0 Å². The molecule has 0 aliphatic heterocycles. The van der Waals surface area contributed by atoms with Crippen molar-refractivity contribution >= 4 is 29.1 Å². The van der Waals surface area contributed by atoms with Crippen molar-refractivity contribution in [3.63, 3.8) is 0 Å². The van der Waals surface area contributed by atoms with E-state index < -0.39 is 16.6 Å². The van der Waals surface area contributed by atoms with Crippen LogP contribution in [-0.2, 0) is 4.74 Å². The first kappa shape index (κ1) is 21.0. The van der Waals surface area contributed by atoms with Gasteiger partial charge in [-0.05, 0) is 47.5 Å². The molecule has 0 spiro atoms. The Labute approximate surface area is 152 Å². The van der Waals surface area contributed by atoms with Gasteiger partial charge < -0.3 is 15.4 Å². The Morgan fingerprint density at radius 3 is 2.44 bits per heavy atom. The Kier molecular flexibility index (Phi) is 7.41. The third-order valence-corrected chi connectivity index (χ3v) is 3.64. The van der Waals surface area contributed by atoms with Crippen LogP contribution >= 0.6 is 11.6 Å². The maximum Gasteiger partial charge on any atom is 0.407 e. The molecule has 25 heavy (non-hydrogen) atoms. The third-order valence-electron chi connectivity index (χ3n) is 3.37. The number of pyridine rings is 1. The fourth-order valence-corrected chi connectivity index (χ4v) is 2.39. The quantitative estimate of drug-likeness (QED) is 0.324. The summed E-state index contributed by atoms with van der Waals surface area (Å²) in [6.07, 6.45) is 0.964. The fourth-order valence-electron chi connectivity index (χ4n) is 2.10. The zero-order chi connectivity index (χ0) is 19.2. The fraction of sp³-hybridized carbons (Fsp3) is 0.625. The van der Waals surface area contributed by atoms with E-state index in [2.05, 4.69) is 15.6 Å². The minimum atomic E-state index is -0.534. The van der Waals surface area contributed by atoms with Crippen LogP contribution in [0, 0.1) is 24.0 Å². The number of halogens is 1. The van der Waals surface area contributed by atoms with Gasteiger partial charge in [-0.3, -0.25) is 10.1 Å². The van der Waals surface area contributed by atoms with Crippen molar-refractivity contribution in [2.24, 2.45) is 0 Å². The molecule has 0 unspecified atom stereocenters. The number of nitrogens with zero attached hydrogens (tertiary/aromatic N) is 2. The number of carbonyl (C=O) groups is 1. The summed E-state index contributed by atoms with van der Waals surface area (Å²) in [5.41, 5.74) is 0.993. The Morgan fingerprint density at radius 2 is 1.88 bits per heavy atom. The third kappa shape index (κ3) is 6.74. The van der Waals surface area contributed by atoms with E-state index in [1.807, 2.05) is 0 Å². The number of nitrogens with one attached hydrogen (secondary N) is 2. The predicted octanol–water partition coefficient (Wildman–Crippen LogP) is 3.98. The van der Waals surface area contributed by atoms with Crippen LogP contribution in [0.25, 0.3) is 0 Å². The first-order valence-corrected chi connectivity index (χ1v) is 8.42. The van der Waals surface area contributed by atoms with E-state index in [4.69, 9.17) is 16.3 Å². The van der Waals surface area contributed by atoms with E-state index in [1.54, 1.807) is 34.6 Å². The highest BCUT2D eigenvalue weighted by Crippen LogP contribution is 2.35. The topological polar surface area (TPSA) is 106 Å². The van der Waals surface area contributed by atoms with Crippen LogP contribution in [0.2, 0.25) is 5.15 Å². The summed E-state index contributed by atoms with van der Waals surface area (Å²) in [6.45, 7) is 9.89. The SMILES string of the molecule is Cc1nc(Cl)c([N+](=O)[O-])c(NCCCCNC(=O)OC(C)(C)C)c1C. The van der Waals surface area contributed by atoms with Crippen LogP contribution < -0.4 is 10.6 Å². The van der Waals surface area contributed by atoms with E-state index in [1.165, 1.54) is 0 Å². The average molecular weight is 373 g/mol. The van der Waals surface area contributed by atoms with Gasteiger partial charge in [0.2, 0.25) is 5.15 Å². The summed E-state index contributed by atoms with van der Waals surface area (Å²) in [6, 6.07) is 0. The number of nitro groups is 1.